The van der Waals surface area contributed by atoms with E-state index in [4.69, 9.17) is 4.74 Å². The summed E-state index contributed by atoms with van der Waals surface area (Å²) in [6.07, 6.45) is 13.6. The summed E-state index contributed by atoms with van der Waals surface area (Å²) in [4.78, 5) is 37.7. The molecule has 4 heteroatoms. The third-order valence-corrected chi connectivity index (χ3v) is 8.44. The molecule has 2 heterocycles. The van der Waals surface area contributed by atoms with Crippen molar-refractivity contribution in [1.29, 1.82) is 0 Å². The monoisotopic (exact) mass is 406 g/mol. The van der Waals surface area contributed by atoms with E-state index < -0.39 is 5.92 Å². The molecule has 2 fully saturated rings. The first kappa shape index (κ1) is 19.9. The van der Waals surface area contributed by atoms with Crippen LogP contribution in [-0.2, 0) is 19.1 Å². The summed E-state index contributed by atoms with van der Waals surface area (Å²) in [5.74, 6) is -0.290. The Morgan fingerprint density at radius 1 is 1.00 bits per heavy atom. The zero-order valence-corrected chi connectivity index (χ0v) is 18.2. The van der Waals surface area contributed by atoms with Crippen molar-refractivity contribution in [3.05, 3.63) is 47.6 Å². The van der Waals surface area contributed by atoms with Crippen LogP contribution in [0.25, 0.3) is 0 Å². The molecule has 0 amide bonds. The molecule has 0 radical (unpaired) electrons. The van der Waals surface area contributed by atoms with Crippen LogP contribution < -0.4 is 0 Å². The highest BCUT2D eigenvalue weighted by Gasteiger charge is 2.56. The van der Waals surface area contributed by atoms with Crippen molar-refractivity contribution in [3.8, 4) is 0 Å². The lowest BCUT2D eigenvalue weighted by Gasteiger charge is -2.55. The summed E-state index contributed by atoms with van der Waals surface area (Å²) in [5, 5.41) is 0. The summed E-state index contributed by atoms with van der Waals surface area (Å²) < 4.78 is 6.03. The number of carbonyl (C=O) groups is 3. The van der Waals surface area contributed by atoms with Gasteiger partial charge in [0, 0.05) is 11.8 Å². The van der Waals surface area contributed by atoms with E-state index in [0.29, 0.717) is 0 Å². The van der Waals surface area contributed by atoms with E-state index in [2.05, 4.69) is 39.8 Å². The highest BCUT2D eigenvalue weighted by atomic mass is 16.5. The molecule has 5 aliphatic rings. The third kappa shape index (κ3) is 2.65. The van der Waals surface area contributed by atoms with Crippen molar-refractivity contribution >= 4 is 17.3 Å². The molecule has 0 N–H and O–H groups in total. The van der Waals surface area contributed by atoms with E-state index >= 15 is 0 Å². The van der Waals surface area contributed by atoms with Crippen molar-refractivity contribution in [3.63, 3.8) is 0 Å². The minimum atomic E-state index is -0.390. The van der Waals surface area contributed by atoms with Crippen LogP contribution in [0, 0.1) is 34.5 Å². The van der Waals surface area contributed by atoms with Gasteiger partial charge in [-0.3, -0.25) is 14.4 Å². The molecule has 4 nitrogen and oxygen atoms in total. The third-order valence-electron chi connectivity index (χ3n) is 8.44. The van der Waals surface area contributed by atoms with Gasteiger partial charge in [0.05, 0.1) is 24.0 Å². The Hall–Kier alpha value is -2.07. The van der Waals surface area contributed by atoms with Crippen molar-refractivity contribution in [2.24, 2.45) is 34.5 Å². The quantitative estimate of drug-likeness (QED) is 0.691. The van der Waals surface area contributed by atoms with Crippen LogP contribution in [0.3, 0.4) is 0 Å². The van der Waals surface area contributed by atoms with Gasteiger partial charge in [0.1, 0.15) is 0 Å². The van der Waals surface area contributed by atoms with Crippen LogP contribution in [0.4, 0.5) is 0 Å². The van der Waals surface area contributed by atoms with E-state index in [1.54, 1.807) is 0 Å². The number of fused-ring (bicyclic) bond motifs is 6. The second kappa shape index (κ2) is 6.46. The molecule has 0 aromatic carbocycles. The van der Waals surface area contributed by atoms with Crippen molar-refractivity contribution in [2.75, 3.05) is 0 Å². The number of rotatable bonds is 2. The lowest BCUT2D eigenvalue weighted by atomic mass is 9.48. The summed E-state index contributed by atoms with van der Waals surface area (Å²) >= 11 is 0. The van der Waals surface area contributed by atoms with Gasteiger partial charge in [-0.25, -0.2) is 0 Å². The highest BCUT2D eigenvalue weighted by molar-refractivity contribution is 6.08. The van der Waals surface area contributed by atoms with Crippen LogP contribution in [0.1, 0.15) is 47.0 Å². The lowest BCUT2D eigenvalue weighted by Crippen LogP contribution is -2.52. The van der Waals surface area contributed by atoms with E-state index in [-0.39, 0.29) is 58.1 Å². The van der Waals surface area contributed by atoms with Crippen molar-refractivity contribution in [2.45, 2.75) is 59.2 Å². The molecule has 1 saturated carbocycles. The van der Waals surface area contributed by atoms with E-state index in [0.717, 1.165) is 30.4 Å². The van der Waals surface area contributed by atoms with Gasteiger partial charge in [0.15, 0.2) is 17.3 Å². The Morgan fingerprint density at radius 3 is 2.43 bits per heavy atom. The zero-order valence-electron chi connectivity index (χ0n) is 18.2. The average molecular weight is 407 g/mol. The fraction of sp³-hybridized carbons (Fsp3) is 0.577. The topological polar surface area (TPSA) is 60.4 Å². The van der Waals surface area contributed by atoms with Crippen LogP contribution in [0.5, 0.6) is 0 Å². The van der Waals surface area contributed by atoms with Crippen LogP contribution in [-0.4, -0.2) is 29.6 Å². The molecule has 5 rings (SSSR count). The van der Waals surface area contributed by atoms with Crippen LogP contribution >= 0.6 is 0 Å². The number of ether oxygens (including phenoxy) is 1. The minimum absolute atomic E-state index is 0.00336. The Balaban J connectivity index is 1.46. The fourth-order valence-corrected chi connectivity index (χ4v) is 7.29. The summed E-state index contributed by atoms with van der Waals surface area (Å²) in [6.45, 7) is 8.80. The van der Waals surface area contributed by atoms with Gasteiger partial charge in [-0.15, -0.1) is 0 Å². The summed E-state index contributed by atoms with van der Waals surface area (Å²) in [7, 11) is 0. The second-order valence-electron chi connectivity index (χ2n) is 10.8. The van der Waals surface area contributed by atoms with Crippen molar-refractivity contribution in [1.82, 2.24) is 0 Å². The normalized spacial score (nSPS) is 44.2. The first-order chi connectivity index (χ1) is 14.1. The highest BCUT2D eigenvalue weighted by Crippen LogP contribution is 2.59. The number of hydrogen-bond donors (Lipinski definition) is 0. The molecule has 0 spiro atoms. The van der Waals surface area contributed by atoms with Gasteiger partial charge < -0.3 is 4.74 Å². The summed E-state index contributed by atoms with van der Waals surface area (Å²) in [5.41, 5.74) is 2.01. The standard InChI is InChI=1S/C26H30O4/c1-14-12-19(29)24-25(2,3)10-5-11-26(24,4)16(14)7-6-15-13-20-21-17(27)8-9-18(28)22(21)23(15)30-20/h6-9,12-13,16,20-24H,5,10-11H2,1-4H3/b7-6+/t16-,20+,21+,22+,23+,24-,26+/m0/s1. The predicted octanol–water partition coefficient (Wildman–Crippen LogP) is 4.17. The molecule has 7 atom stereocenters. The largest absolute Gasteiger partial charge is 0.365 e. The van der Waals surface area contributed by atoms with Gasteiger partial charge in [-0.1, -0.05) is 44.9 Å². The molecule has 2 aliphatic heterocycles. The number of allylic oxidation sites excluding steroid dienone is 5. The zero-order chi connectivity index (χ0) is 21.4. The first-order valence-electron chi connectivity index (χ1n) is 11.2. The Morgan fingerprint density at radius 2 is 1.70 bits per heavy atom. The summed E-state index contributed by atoms with van der Waals surface area (Å²) in [6, 6.07) is 0. The molecular formula is C26H30O4. The maximum absolute atomic E-state index is 13.0. The fourth-order valence-electron chi connectivity index (χ4n) is 7.29. The van der Waals surface area contributed by atoms with E-state index in [9.17, 15) is 14.4 Å². The van der Waals surface area contributed by atoms with Gasteiger partial charge in [0.2, 0.25) is 0 Å². The predicted molar refractivity (Wildman–Crippen MR) is 114 cm³/mol. The lowest BCUT2D eigenvalue weighted by molar-refractivity contribution is -0.135. The molecule has 2 bridgehead atoms. The maximum Gasteiger partial charge on any atom is 0.162 e. The average Bonchev–Trinajstić information content (AvgIpc) is 3.22. The number of hydrogen-bond acceptors (Lipinski definition) is 4. The van der Waals surface area contributed by atoms with Gasteiger partial charge in [-0.2, -0.15) is 0 Å². The molecule has 0 aromatic heterocycles. The smallest absolute Gasteiger partial charge is 0.162 e. The SMILES string of the molecule is CC1=CC(=O)[C@H]2C(C)(C)CCC[C@]2(C)[C@H]1/C=C/C1=C[C@H]2O[C@H]1[C@@H]1C(=O)C=CC(=O)[C@@H]12. The van der Waals surface area contributed by atoms with Gasteiger partial charge in [-0.05, 0) is 60.5 Å². The van der Waals surface area contributed by atoms with Gasteiger partial charge >= 0.3 is 0 Å². The second-order valence-corrected chi connectivity index (χ2v) is 10.8. The minimum Gasteiger partial charge on any atom is -0.365 e. The number of ketones is 3. The molecular weight excluding hydrogens is 376 g/mol. The molecule has 1 saturated heterocycles. The maximum atomic E-state index is 13.0. The Bertz CT molecular complexity index is 962. The van der Waals surface area contributed by atoms with Crippen LogP contribution in [0.15, 0.2) is 47.6 Å². The van der Waals surface area contributed by atoms with Crippen molar-refractivity contribution < 1.29 is 19.1 Å². The molecule has 3 aliphatic carbocycles. The van der Waals surface area contributed by atoms with Crippen LogP contribution in [0.2, 0.25) is 0 Å². The number of carbonyl (C=O) groups excluding carboxylic acids is 3. The Labute approximate surface area is 178 Å². The first-order valence-corrected chi connectivity index (χ1v) is 11.2. The molecule has 0 aromatic rings. The molecule has 30 heavy (non-hydrogen) atoms. The van der Waals surface area contributed by atoms with Gasteiger partial charge in [0.25, 0.3) is 0 Å². The van der Waals surface area contributed by atoms with E-state index in [1.807, 2.05) is 12.2 Å². The van der Waals surface area contributed by atoms with E-state index in [1.165, 1.54) is 12.2 Å². The Kier molecular flexibility index (Phi) is 4.28. The molecule has 0 unspecified atom stereocenters. The molecule has 158 valence electrons.